The molecule has 0 amide bonds. The van der Waals surface area contributed by atoms with Crippen LogP contribution in [-0.2, 0) is 10.0 Å². The second kappa shape index (κ2) is 6.36. The molecular formula is C13H7Br2ClN2O2S. The van der Waals surface area contributed by atoms with Crippen molar-refractivity contribution in [1.82, 2.24) is 0 Å². The fourth-order valence-electron chi connectivity index (χ4n) is 1.55. The maximum Gasteiger partial charge on any atom is 0.263 e. The molecule has 0 unspecified atom stereocenters. The van der Waals surface area contributed by atoms with Gasteiger partial charge in [0.2, 0.25) is 0 Å². The summed E-state index contributed by atoms with van der Waals surface area (Å²) in [6.45, 7) is 0. The summed E-state index contributed by atoms with van der Waals surface area (Å²) >= 11 is 12.4. The summed E-state index contributed by atoms with van der Waals surface area (Å²) in [5.41, 5.74) is 0.564. The Balaban J connectivity index is 2.43. The molecular weight excluding hydrogens is 443 g/mol. The highest BCUT2D eigenvalue weighted by Gasteiger charge is 2.19. The summed E-state index contributed by atoms with van der Waals surface area (Å²) in [7, 11) is -3.80. The molecule has 0 saturated heterocycles. The Morgan fingerprint density at radius 3 is 2.48 bits per heavy atom. The van der Waals surface area contributed by atoms with E-state index in [-0.39, 0.29) is 15.6 Å². The number of sulfonamides is 1. The molecule has 2 rings (SSSR count). The highest BCUT2D eigenvalue weighted by molar-refractivity contribution is 9.11. The molecule has 0 bridgehead atoms. The first-order chi connectivity index (χ1) is 9.83. The lowest BCUT2D eigenvalue weighted by atomic mass is 10.2. The van der Waals surface area contributed by atoms with Gasteiger partial charge in [-0.15, -0.1) is 0 Å². The molecule has 0 atom stereocenters. The predicted octanol–water partition coefficient (Wildman–Crippen LogP) is 4.54. The Labute approximate surface area is 144 Å². The van der Waals surface area contributed by atoms with Crippen molar-refractivity contribution >= 4 is 59.2 Å². The van der Waals surface area contributed by atoms with Crippen molar-refractivity contribution in [2.45, 2.75) is 4.90 Å². The van der Waals surface area contributed by atoms with Gasteiger partial charge >= 0.3 is 0 Å². The normalized spacial score (nSPS) is 11.0. The van der Waals surface area contributed by atoms with E-state index >= 15 is 0 Å². The second-order valence-electron chi connectivity index (χ2n) is 3.99. The predicted molar refractivity (Wildman–Crippen MR) is 88.8 cm³/mol. The Kier molecular flexibility index (Phi) is 4.94. The Morgan fingerprint density at radius 1 is 1.14 bits per heavy atom. The van der Waals surface area contributed by atoms with Crippen LogP contribution >= 0.6 is 43.5 Å². The molecule has 21 heavy (non-hydrogen) atoms. The van der Waals surface area contributed by atoms with Gasteiger partial charge in [0.15, 0.2) is 0 Å². The van der Waals surface area contributed by atoms with E-state index < -0.39 is 10.0 Å². The fourth-order valence-corrected chi connectivity index (χ4v) is 4.42. The van der Waals surface area contributed by atoms with Crippen LogP contribution in [0, 0.1) is 11.3 Å². The minimum absolute atomic E-state index is 0.0808. The van der Waals surface area contributed by atoms with E-state index in [9.17, 15) is 8.42 Å². The summed E-state index contributed by atoms with van der Waals surface area (Å²) in [5, 5.41) is 8.93. The minimum atomic E-state index is -3.80. The molecule has 0 spiro atoms. The van der Waals surface area contributed by atoms with Crippen LogP contribution in [0.3, 0.4) is 0 Å². The van der Waals surface area contributed by atoms with E-state index in [4.69, 9.17) is 16.9 Å². The van der Waals surface area contributed by atoms with Gasteiger partial charge in [-0.3, -0.25) is 4.72 Å². The Morgan fingerprint density at radius 2 is 1.86 bits per heavy atom. The van der Waals surface area contributed by atoms with Crippen LogP contribution < -0.4 is 4.72 Å². The van der Waals surface area contributed by atoms with Gasteiger partial charge in [0.1, 0.15) is 4.90 Å². The zero-order chi connectivity index (χ0) is 15.6. The number of hydrogen-bond donors (Lipinski definition) is 1. The molecule has 8 heteroatoms. The van der Waals surface area contributed by atoms with Crippen LogP contribution in [0.5, 0.6) is 0 Å². The average molecular weight is 451 g/mol. The molecule has 2 aromatic rings. The number of nitriles is 1. The summed E-state index contributed by atoms with van der Waals surface area (Å²) in [6, 6.07) is 11.1. The lowest BCUT2D eigenvalue weighted by molar-refractivity contribution is 0.600. The average Bonchev–Trinajstić information content (AvgIpc) is 2.43. The SMILES string of the molecule is N#Cc1ccc(NS(=O)(=O)c2cc(Br)ccc2Br)c(Cl)c1. The molecule has 0 aliphatic carbocycles. The highest BCUT2D eigenvalue weighted by Crippen LogP contribution is 2.30. The molecule has 0 fully saturated rings. The number of halogens is 3. The molecule has 2 aromatic carbocycles. The standard InChI is InChI=1S/C13H7Br2ClN2O2S/c14-9-2-3-10(15)13(6-9)21(19,20)18-12-4-1-8(7-17)5-11(12)16/h1-6,18H. The van der Waals surface area contributed by atoms with Crippen LogP contribution in [0.25, 0.3) is 0 Å². The number of anilines is 1. The van der Waals surface area contributed by atoms with Crippen LogP contribution in [0.1, 0.15) is 5.56 Å². The summed E-state index contributed by atoms with van der Waals surface area (Å²) in [5.74, 6) is 0. The van der Waals surface area contributed by atoms with Gasteiger partial charge in [0.05, 0.1) is 22.3 Å². The smallest absolute Gasteiger partial charge is 0.263 e. The Bertz CT molecular complexity index is 848. The molecule has 0 aromatic heterocycles. The number of hydrogen-bond acceptors (Lipinski definition) is 3. The topological polar surface area (TPSA) is 70.0 Å². The second-order valence-corrected chi connectivity index (χ2v) is 7.81. The molecule has 0 aliphatic heterocycles. The maximum absolute atomic E-state index is 12.4. The molecule has 0 heterocycles. The van der Waals surface area contributed by atoms with E-state index in [0.29, 0.717) is 14.5 Å². The van der Waals surface area contributed by atoms with Crippen LogP contribution in [0.15, 0.2) is 50.2 Å². The van der Waals surface area contributed by atoms with E-state index in [2.05, 4.69) is 36.6 Å². The third-order valence-corrected chi connectivity index (χ3v) is 5.69. The van der Waals surface area contributed by atoms with E-state index in [1.807, 2.05) is 6.07 Å². The van der Waals surface area contributed by atoms with Gasteiger partial charge in [-0.2, -0.15) is 5.26 Å². The molecule has 4 nitrogen and oxygen atoms in total. The number of rotatable bonds is 3. The van der Waals surface area contributed by atoms with Crippen LogP contribution in [-0.4, -0.2) is 8.42 Å². The largest absolute Gasteiger partial charge is 0.278 e. The summed E-state index contributed by atoms with van der Waals surface area (Å²) in [4.78, 5) is 0.0808. The van der Waals surface area contributed by atoms with E-state index in [0.717, 1.165) is 0 Å². The van der Waals surface area contributed by atoms with Crippen molar-refractivity contribution < 1.29 is 8.42 Å². The molecule has 0 radical (unpaired) electrons. The number of nitrogens with one attached hydrogen (secondary N) is 1. The Hall–Kier alpha value is -1.07. The van der Waals surface area contributed by atoms with Gasteiger partial charge in [-0.25, -0.2) is 8.42 Å². The fraction of sp³-hybridized carbons (Fsp3) is 0. The first-order valence-corrected chi connectivity index (χ1v) is 8.96. The zero-order valence-electron chi connectivity index (χ0n) is 10.3. The summed E-state index contributed by atoms with van der Waals surface area (Å²) < 4.78 is 28.3. The van der Waals surface area contributed by atoms with Gasteiger partial charge < -0.3 is 0 Å². The number of benzene rings is 2. The van der Waals surface area contributed by atoms with Gasteiger partial charge in [0.25, 0.3) is 10.0 Å². The third-order valence-electron chi connectivity index (χ3n) is 2.53. The lowest BCUT2D eigenvalue weighted by Crippen LogP contribution is -2.14. The quantitative estimate of drug-likeness (QED) is 0.747. The molecule has 108 valence electrons. The zero-order valence-corrected chi connectivity index (χ0v) is 15.0. The first-order valence-electron chi connectivity index (χ1n) is 5.51. The van der Waals surface area contributed by atoms with Crippen molar-refractivity contribution in [2.24, 2.45) is 0 Å². The molecule has 0 saturated carbocycles. The van der Waals surface area contributed by atoms with Gasteiger partial charge in [0, 0.05) is 8.95 Å². The van der Waals surface area contributed by atoms with Crippen molar-refractivity contribution in [3.63, 3.8) is 0 Å². The lowest BCUT2D eigenvalue weighted by Gasteiger charge is -2.11. The molecule has 1 N–H and O–H groups in total. The van der Waals surface area contributed by atoms with Crippen molar-refractivity contribution in [1.29, 1.82) is 5.26 Å². The third kappa shape index (κ3) is 3.77. The number of nitrogens with zero attached hydrogens (tertiary/aromatic N) is 1. The van der Waals surface area contributed by atoms with E-state index in [1.54, 1.807) is 12.1 Å². The van der Waals surface area contributed by atoms with Crippen molar-refractivity contribution in [2.75, 3.05) is 4.72 Å². The van der Waals surface area contributed by atoms with Crippen molar-refractivity contribution in [3.8, 4) is 6.07 Å². The van der Waals surface area contributed by atoms with Crippen LogP contribution in [0.2, 0.25) is 5.02 Å². The molecule has 0 aliphatic rings. The van der Waals surface area contributed by atoms with Gasteiger partial charge in [-0.05, 0) is 52.3 Å². The van der Waals surface area contributed by atoms with Crippen molar-refractivity contribution in [3.05, 3.63) is 55.9 Å². The monoisotopic (exact) mass is 448 g/mol. The van der Waals surface area contributed by atoms with E-state index in [1.165, 1.54) is 24.3 Å². The van der Waals surface area contributed by atoms with Gasteiger partial charge in [-0.1, -0.05) is 27.5 Å². The van der Waals surface area contributed by atoms with Crippen LogP contribution in [0.4, 0.5) is 5.69 Å². The maximum atomic E-state index is 12.4. The summed E-state index contributed by atoms with van der Waals surface area (Å²) in [6.07, 6.45) is 0. The minimum Gasteiger partial charge on any atom is -0.278 e. The highest BCUT2D eigenvalue weighted by atomic mass is 79.9. The first kappa shape index (κ1) is 16.3.